The number of hydrogen-bond donors (Lipinski definition) is 5. The topological polar surface area (TPSA) is 279 Å². The summed E-state index contributed by atoms with van der Waals surface area (Å²) in [6.45, 7) is 5.58. The van der Waals surface area contributed by atoms with Crippen LogP contribution in [0.3, 0.4) is 0 Å². The predicted octanol–water partition coefficient (Wildman–Crippen LogP) is -0.438. The first-order chi connectivity index (χ1) is 29.1. The van der Waals surface area contributed by atoms with E-state index in [1.165, 1.54) is 21.4 Å². The fraction of sp³-hybridized carbons (Fsp3) is 0.816. The first kappa shape index (κ1) is 48.2. The fourth-order valence-corrected chi connectivity index (χ4v) is 8.04. The van der Waals surface area contributed by atoms with Crippen LogP contribution < -0.4 is 0 Å². The lowest BCUT2D eigenvalue weighted by atomic mass is 9.88. The molecule has 0 radical (unpaired) electrons. The van der Waals surface area contributed by atoms with Crippen LogP contribution in [0.1, 0.15) is 71.4 Å². The number of carbonyl (C=O) groups excluding carboxylic acids is 3. The van der Waals surface area contributed by atoms with Gasteiger partial charge in [0.05, 0.1) is 75.7 Å². The molecule has 14 atom stereocenters. The number of rotatable bonds is 23. The Morgan fingerprint density at radius 2 is 1.51 bits per heavy atom. The van der Waals surface area contributed by atoms with E-state index in [9.17, 15) is 48.8 Å². The molecule has 5 rings (SSSR count). The average molecular weight is 878 g/mol. The van der Waals surface area contributed by atoms with Crippen molar-refractivity contribution in [1.82, 2.24) is 24.8 Å². The molecule has 4 fully saturated rings. The van der Waals surface area contributed by atoms with E-state index in [4.69, 9.17) is 33.5 Å². The fourth-order valence-electron chi connectivity index (χ4n) is 8.04. The molecule has 4 unspecified atom stereocenters. The highest BCUT2D eigenvalue weighted by Gasteiger charge is 2.58. The first-order valence-electron chi connectivity index (χ1n) is 20.7. The summed E-state index contributed by atoms with van der Waals surface area (Å²) in [5.74, 6) is -4.48. The number of unbranched alkanes of at least 4 members (excludes halogenated alkanes) is 2. The minimum Gasteiger partial charge on any atom is -0.481 e. The van der Waals surface area contributed by atoms with Crippen molar-refractivity contribution in [3.05, 3.63) is 11.9 Å². The summed E-state index contributed by atoms with van der Waals surface area (Å²) in [7, 11) is 0. The molecule has 0 aromatic carbocycles. The molecule has 3 amide bonds. The average Bonchev–Trinajstić information content (AvgIpc) is 3.92. The Balaban J connectivity index is 1.03. The number of imide groups is 1. The summed E-state index contributed by atoms with van der Waals surface area (Å²) in [6.07, 6.45) is -15.9. The van der Waals surface area contributed by atoms with E-state index in [2.05, 4.69) is 10.3 Å². The molecule has 0 spiro atoms. The van der Waals surface area contributed by atoms with Gasteiger partial charge in [0.15, 0.2) is 31.0 Å². The van der Waals surface area contributed by atoms with E-state index < -0.39 is 91.2 Å². The van der Waals surface area contributed by atoms with Crippen molar-refractivity contribution in [2.75, 3.05) is 32.9 Å². The molecule has 5 N–H and O–H groups in total. The van der Waals surface area contributed by atoms with Crippen molar-refractivity contribution in [3.8, 4) is 0 Å². The maximum atomic E-state index is 15.1. The Bertz CT molecular complexity index is 1630. The lowest BCUT2D eigenvalue weighted by Crippen LogP contribution is -2.63. The van der Waals surface area contributed by atoms with Crippen LogP contribution in [0.2, 0.25) is 0 Å². The number of aromatic nitrogens is 3. The lowest BCUT2D eigenvalue weighted by Gasteiger charge is -2.43. The SMILES string of the molecule is CC[C@@H]1O[C@H](CC)[C@@H]2C(=O)N(CCCCCN(Cc3cn(CCOCCO[C@@H]4OC(C(=O)O)[C@@H](O[C@H]5OC(C)[C@@H](O)[C@H](O)C5F)[C@H](O)C4F)nn3)C(=O)CCC(=O)O)C(=O)[C@@H]21. The van der Waals surface area contributed by atoms with Gasteiger partial charge in [-0.05, 0) is 39.0 Å². The van der Waals surface area contributed by atoms with E-state index in [-0.39, 0.29) is 82.9 Å². The smallest absolute Gasteiger partial charge is 0.335 e. The summed E-state index contributed by atoms with van der Waals surface area (Å²) in [5.41, 5.74) is 0.419. The summed E-state index contributed by atoms with van der Waals surface area (Å²) in [5, 5.41) is 57.2. The van der Waals surface area contributed by atoms with Crippen LogP contribution in [0, 0.1) is 11.8 Å². The number of fused-ring (bicyclic) bond motifs is 1. The highest BCUT2D eigenvalue weighted by Crippen LogP contribution is 2.43. The van der Waals surface area contributed by atoms with Crippen LogP contribution in [0.5, 0.6) is 0 Å². The van der Waals surface area contributed by atoms with Gasteiger partial charge in [0, 0.05) is 19.5 Å². The lowest BCUT2D eigenvalue weighted by molar-refractivity contribution is -0.339. The molecular formula is C38H57F2N5O16. The van der Waals surface area contributed by atoms with Crippen molar-refractivity contribution in [3.63, 3.8) is 0 Å². The molecule has 4 aliphatic rings. The largest absolute Gasteiger partial charge is 0.481 e. The molecule has 0 aliphatic carbocycles. The molecule has 61 heavy (non-hydrogen) atoms. The molecular weight excluding hydrogens is 820 g/mol. The maximum absolute atomic E-state index is 15.1. The minimum absolute atomic E-state index is 0.0452. The number of carboxylic acid groups (broad SMARTS) is 2. The number of likely N-dealkylation sites (tertiary alicyclic amines) is 1. The molecule has 1 aromatic heterocycles. The van der Waals surface area contributed by atoms with Gasteiger partial charge < -0.3 is 58.9 Å². The Morgan fingerprint density at radius 1 is 0.836 bits per heavy atom. The van der Waals surface area contributed by atoms with E-state index in [1.54, 1.807) is 6.20 Å². The highest BCUT2D eigenvalue weighted by atomic mass is 19.1. The first-order valence-corrected chi connectivity index (χ1v) is 20.7. The third kappa shape index (κ3) is 11.6. The molecule has 5 heterocycles. The van der Waals surface area contributed by atoms with Crippen molar-refractivity contribution in [1.29, 1.82) is 0 Å². The van der Waals surface area contributed by atoms with E-state index in [0.717, 1.165) is 0 Å². The molecule has 1 aromatic rings. The summed E-state index contributed by atoms with van der Waals surface area (Å²) in [4.78, 5) is 65.3. The molecule has 21 nitrogen and oxygen atoms in total. The number of aliphatic hydroxyl groups is 3. The Morgan fingerprint density at radius 3 is 2.15 bits per heavy atom. The van der Waals surface area contributed by atoms with Gasteiger partial charge in [0.1, 0.15) is 30.1 Å². The summed E-state index contributed by atoms with van der Waals surface area (Å²) in [6, 6.07) is 0. The summed E-state index contributed by atoms with van der Waals surface area (Å²) >= 11 is 0. The number of nitrogens with zero attached hydrogens (tertiary/aromatic N) is 5. The predicted molar refractivity (Wildman–Crippen MR) is 199 cm³/mol. The Kier molecular flexibility index (Phi) is 17.4. The van der Waals surface area contributed by atoms with Gasteiger partial charge in [-0.3, -0.25) is 24.1 Å². The second-order valence-electron chi connectivity index (χ2n) is 15.6. The number of ether oxygens (including phenoxy) is 6. The molecule has 23 heteroatoms. The number of aliphatic carboxylic acids is 2. The third-order valence-electron chi connectivity index (χ3n) is 11.4. The van der Waals surface area contributed by atoms with E-state index >= 15 is 4.39 Å². The van der Waals surface area contributed by atoms with Crippen molar-refractivity contribution in [2.24, 2.45) is 11.8 Å². The van der Waals surface area contributed by atoms with Gasteiger partial charge in [0.25, 0.3) is 0 Å². The van der Waals surface area contributed by atoms with Gasteiger partial charge in [-0.25, -0.2) is 18.3 Å². The normalized spacial score (nSPS) is 33.9. The van der Waals surface area contributed by atoms with Crippen molar-refractivity contribution < 1.29 is 86.7 Å². The number of alkyl halides is 2. The van der Waals surface area contributed by atoms with Gasteiger partial charge in [-0.15, -0.1) is 5.10 Å². The Labute approximate surface area is 350 Å². The Hall–Kier alpha value is -3.81. The number of amides is 3. The quantitative estimate of drug-likeness (QED) is 0.0688. The van der Waals surface area contributed by atoms with Gasteiger partial charge in [-0.1, -0.05) is 19.1 Å². The zero-order chi connectivity index (χ0) is 44.5. The molecule has 0 bridgehead atoms. The number of carboxylic acids is 2. The molecule has 4 aliphatic heterocycles. The van der Waals surface area contributed by atoms with Gasteiger partial charge in [-0.2, -0.15) is 0 Å². The number of carbonyl (C=O) groups is 5. The van der Waals surface area contributed by atoms with Crippen molar-refractivity contribution >= 4 is 29.7 Å². The zero-order valence-electron chi connectivity index (χ0n) is 34.3. The van der Waals surface area contributed by atoms with Gasteiger partial charge in [0.2, 0.25) is 17.7 Å². The highest BCUT2D eigenvalue weighted by molar-refractivity contribution is 6.06. The second kappa shape index (κ2) is 22.0. The minimum atomic E-state index is -2.34. The molecule has 0 saturated carbocycles. The second-order valence-corrected chi connectivity index (χ2v) is 15.6. The standard InChI is InChI=1S/C38H57F2N5O16/c1-4-21-25-26(22(5-2)59-21)35(53)45(34(25)52)12-8-6-7-11-43(23(46)9-10-24(47)48)17-20-18-44(42-41-20)13-14-56-15-16-57-37-28(40)31(51)32(33(61-37)36(54)55)60-38-27(39)30(50)29(49)19(3)58-38/h18-19,21-22,25-33,37-38,49-51H,4-17H2,1-3H3,(H,47,48)(H,54,55)/t19?,21-,22+,25+,26-,27?,28?,29-,30-,31-,32+,33?,37-,38-/m1/s1. The van der Waals surface area contributed by atoms with E-state index in [1.807, 2.05) is 13.8 Å². The van der Waals surface area contributed by atoms with Crippen LogP contribution in [-0.4, -0.2) is 187 Å². The van der Waals surface area contributed by atoms with E-state index in [0.29, 0.717) is 37.8 Å². The molecule has 4 saturated heterocycles. The van der Waals surface area contributed by atoms with Crippen molar-refractivity contribution in [2.45, 2.75) is 153 Å². The van der Waals surface area contributed by atoms with Crippen LogP contribution in [0.4, 0.5) is 8.78 Å². The van der Waals surface area contributed by atoms with Crippen LogP contribution >= 0.6 is 0 Å². The van der Waals surface area contributed by atoms with Crippen LogP contribution in [-0.2, 0) is 65.5 Å². The monoisotopic (exact) mass is 877 g/mol. The number of aliphatic hydroxyl groups excluding tert-OH is 3. The van der Waals surface area contributed by atoms with Crippen LogP contribution in [0.25, 0.3) is 0 Å². The summed E-state index contributed by atoms with van der Waals surface area (Å²) < 4.78 is 63.6. The zero-order valence-corrected chi connectivity index (χ0v) is 34.3. The van der Waals surface area contributed by atoms with Crippen LogP contribution in [0.15, 0.2) is 6.20 Å². The maximum Gasteiger partial charge on any atom is 0.335 e. The van der Waals surface area contributed by atoms with Gasteiger partial charge >= 0.3 is 11.9 Å². The number of halogens is 2. The molecule has 344 valence electrons. The number of hydrogen-bond acceptors (Lipinski definition) is 16. The third-order valence-corrected chi connectivity index (χ3v) is 11.4.